The van der Waals surface area contributed by atoms with Crippen LogP contribution in [0.15, 0.2) is 0 Å². The number of hydrogen-bond acceptors (Lipinski definition) is 2. The highest BCUT2D eigenvalue weighted by molar-refractivity contribution is 5.70. The minimum Gasteiger partial charge on any atom is -0.481 e. The number of carbonyl (C=O) groups is 1. The van der Waals surface area contributed by atoms with Crippen molar-refractivity contribution < 1.29 is 28.2 Å². The topological polar surface area (TPSA) is 57.5 Å². The number of aliphatic carboxylic acids is 1. The maximum absolute atomic E-state index is 12.2. The summed E-state index contributed by atoms with van der Waals surface area (Å²) in [5, 5.41) is 17.7. The van der Waals surface area contributed by atoms with E-state index in [2.05, 4.69) is 0 Å². The maximum atomic E-state index is 12.2. The van der Waals surface area contributed by atoms with Gasteiger partial charge < -0.3 is 10.2 Å². The highest BCUT2D eigenvalue weighted by Crippen LogP contribution is 2.39. The van der Waals surface area contributed by atoms with E-state index in [0.29, 0.717) is 0 Å². The molecule has 3 atom stereocenters. The number of rotatable bonds is 1. The molecular formula is C8H11F3O3. The van der Waals surface area contributed by atoms with Crippen molar-refractivity contribution in [2.75, 3.05) is 0 Å². The number of alkyl halides is 3. The van der Waals surface area contributed by atoms with Crippen LogP contribution in [0.2, 0.25) is 0 Å². The Bertz CT molecular complexity index is 226. The van der Waals surface area contributed by atoms with Gasteiger partial charge in [-0.05, 0) is 19.3 Å². The molecule has 0 aromatic rings. The van der Waals surface area contributed by atoms with Gasteiger partial charge >= 0.3 is 12.1 Å². The molecule has 0 radical (unpaired) electrons. The Morgan fingerprint density at radius 2 is 1.79 bits per heavy atom. The summed E-state index contributed by atoms with van der Waals surface area (Å²) in [6.07, 6.45) is -6.45. The van der Waals surface area contributed by atoms with Crippen molar-refractivity contribution in [2.45, 2.75) is 31.5 Å². The Balaban J connectivity index is 2.68. The van der Waals surface area contributed by atoms with Gasteiger partial charge in [0.25, 0.3) is 0 Å². The molecule has 3 nitrogen and oxygen atoms in total. The highest BCUT2D eigenvalue weighted by atomic mass is 19.4. The standard InChI is InChI=1S/C8H11F3O3/c9-8(10,11)5-1-4(7(13)14)2-6(12)3-5/h4-6,12H,1-3H2,(H,13,14)/t4-,5+,6+/m1/s1. The van der Waals surface area contributed by atoms with Gasteiger partial charge in [0.1, 0.15) is 0 Å². The van der Waals surface area contributed by atoms with Gasteiger partial charge in [-0.3, -0.25) is 4.79 Å². The molecule has 0 spiro atoms. The zero-order valence-electron chi connectivity index (χ0n) is 7.29. The highest BCUT2D eigenvalue weighted by Gasteiger charge is 2.46. The molecule has 0 saturated heterocycles. The van der Waals surface area contributed by atoms with E-state index in [1.165, 1.54) is 0 Å². The summed E-state index contributed by atoms with van der Waals surface area (Å²) in [7, 11) is 0. The van der Waals surface area contributed by atoms with Crippen molar-refractivity contribution in [3.8, 4) is 0 Å². The molecule has 0 aromatic carbocycles. The van der Waals surface area contributed by atoms with Crippen LogP contribution < -0.4 is 0 Å². The summed E-state index contributed by atoms with van der Waals surface area (Å²) in [6, 6.07) is 0. The second-order valence-corrected chi connectivity index (χ2v) is 3.63. The summed E-state index contributed by atoms with van der Waals surface area (Å²) in [4.78, 5) is 10.5. The molecule has 0 bridgehead atoms. The van der Waals surface area contributed by atoms with E-state index in [0.717, 1.165) is 0 Å². The normalized spacial score (nSPS) is 34.1. The van der Waals surface area contributed by atoms with Gasteiger partial charge in [-0.2, -0.15) is 13.2 Å². The van der Waals surface area contributed by atoms with E-state index in [9.17, 15) is 18.0 Å². The summed E-state index contributed by atoms with van der Waals surface area (Å²) in [6.45, 7) is 0. The molecule has 1 aliphatic carbocycles. The van der Waals surface area contributed by atoms with Crippen LogP contribution in [-0.4, -0.2) is 28.5 Å². The third kappa shape index (κ3) is 2.60. The van der Waals surface area contributed by atoms with Crippen molar-refractivity contribution >= 4 is 5.97 Å². The number of hydrogen-bond donors (Lipinski definition) is 2. The van der Waals surface area contributed by atoms with Crippen molar-refractivity contribution in [3.05, 3.63) is 0 Å². The Kier molecular flexibility index (Phi) is 3.04. The smallest absolute Gasteiger partial charge is 0.391 e. The molecule has 1 aliphatic rings. The van der Waals surface area contributed by atoms with Crippen LogP contribution in [0.5, 0.6) is 0 Å². The monoisotopic (exact) mass is 212 g/mol. The fourth-order valence-corrected chi connectivity index (χ4v) is 1.76. The van der Waals surface area contributed by atoms with Crippen LogP contribution in [0, 0.1) is 11.8 Å². The molecule has 6 heteroatoms. The minimum atomic E-state index is -4.41. The summed E-state index contributed by atoms with van der Waals surface area (Å²) in [5.41, 5.74) is 0. The minimum absolute atomic E-state index is 0.0814. The summed E-state index contributed by atoms with van der Waals surface area (Å²) >= 11 is 0. The molecule has 1 rings (SSSR count). The van der Waals surface area contributed by atoms with Crippen LogP contribution in [0.1, 0.15) is 19.3 Å². The van der Waals surface area contributed by atoms with Gasteiger partial charge in [-0.1, -0.05) is 0 Å². The molecule has 1 saturated carbocycles. The molecule has 14 heavy (non-hydrogen) atoms. The predicted octanol–water partition coefficient (Wildman–Crippen LogP) is 1.41. The predicted molar refractivity (Wildman–Crippen MR) is 40.5 cm³/mol. The SMILES string of the molecule is O=C(O)[C@H]1C[C@H](O)C[C@@H](C(F)(F)F)C1. The van der Waals surface area contributed by atoms with E-state index in [1.807, 2.05) is 0 Å². The van der Waals surface area contributed by atoms with E-state index < -0.39 is 36.5 Å². The summed E-state index contributed by atoms with van der Waals surface area (Å²) < 4.78 is 36.7. The second-order valence-electron chi connectivity index (χ2n) is 3.63. The van der Waals surface area contributed by atoms with Crippen LogP contribution >= 0.6 is 0 Å². The van der Waals surface area contributed by atoms with Crippen LogP contribution in [0.25, 0.3) is 0 Å². The van der Waals surface area contributed by atoms with E-state index in [1.54, 1.807) is 0 Å². The Hall–Kier alpha value is -0.780. The number of aliphatic hydroxyl groups excluding tert-OH is 1. The van der Waals surface area contributed by atoms with E-state index >= 15 is 0 Å². The first-order valence-electron chi connectivity index (χ1n) is 4.28. The Morgan fingerprint density at radius 3 is 2.21 bits per heavy atom. The molecule has 0 heterocycles. The van der Waals surface area contributed by atoms with Gasteiger partial charge in [0.2, 0.25) is 0 Å². The zero-order chi connectivity index (χ0) is 10.9. The summed E-state index contributed by atoms with van der Waals surface area (Å²) in [5.74, 6) is -4.03. The molecule has 0 aromatic heterocycles. The Morgan fingerprint density at radius 1 is 1.21 bits per heavy atom. The van der Waals surface area contributed by atoms with Gasteiger partial charge in [-0.25, -0.2) is 0 Å². The lowest BCUT2D eigenvalue weighted by atomic mass is 9.79. The molecule has 0 unspecified atom stereocenters. The molecule has 0 amide bonds. The van der Waals surface area contributed by atoms with Crippen molar-refractivity contribution in [1.29, 1.82) is 0 Å². The quantitative estimate of drug-likeness (QED) is 0.690. The lowest BCUT2D eigenvalue weighted by Crippen LogP contribution is -2.37. The van der Waals surface area contributed by atoms with Gasteiger partial charge in [-0.15, -0.1) is 0 Å². The lowest BCUT2D eigenvalue weighted by molar-refractivity contribution is -0.196. The number of carboxylic acid groups (broad SMARTS) is 1. The first-order valence-corrected chi connectivity index (χ1v) is 4.28. The number of carboxylic acids is 1. The van der Waals surface area contributed by atoms with E-state index in [4.69, 9.17) is 10.2 Å². The molecule has 0 aliphatic heterocycles. The molecular weight excluding hydrogens is 201 g/mol. The molecule has 82 valence electrons. The first kappa shape index (κ1) is 11.3. The number of aliphatic hydroxyl groups is 1. The average molecular weight is 212 g/mol. The van der Waals surface area contributed by atoms with Crippen LogP contribution in [0.4, 0.5) is 13.2 Å². The van der Waals surface area contributed by atoms with Crippen molar-refractivity contribution in [3.63, 3.8) is 0 Å². The largest absolute Gasteiger partial charge is 0.481 e. The first-order chi connectivity index (χ1) is 6.30. The van der Waals surface area contributed by atoms with Gasteiger partial charge in [0.05, 0.1) is 17.9 Å². The molecule has 1 fully saturated rings. The average Bonchev–Trinajstić information content (AvgIpc) is 2.01. The van der Waals surface area contributed by atoms with E-state index in [-0.39, 0.29) is 12.8 Å². The second kappa shape index (κ2) is 3.76. The molecule has 2 N–H and O–H groups in total. The zero-order valence-corrected chi connectivity index (χ0v) is 7.29. The third-order valence-corrected chi connectivity index (χ3v) is 2.49. The van der Waals surface area contributed by atoms with Crippen molar-refractivity contribution in [1.82, 2.24) is 0 Å². The number of halogens is 3. The van der Waals surface area contributed by atoms with Gasteiger partial charge in [0, 0.05) is 0 Å². The lowest BCUT2D eigenvalue weighted by Gasteiger charge is -2.31. The van der Waals surface area contributed by atoms with Crippen molar-refractivity contribution in [2.24, 2.45) is 11.8 Å². The fourth-order valence-electron chi connectivity index (χ4n) is 1.76. The van der Waals surface area contributed by atoms with Crippen LogP contribution in [-0.2, 0) is 4.79 Å². The fraction of sp³-hybridized carbons (Fsp3) is 0.875. The maximum Gasteiger partial charge on any atom is 0.391 e. The third-order valence-electron chi connectivity index (χ3n) is 2.49. The Labute approximate surface area is 78.5 Å². The van der Waals surface area contributed by atoms with Crippen LogP contribution in [0.3, 0.4) is 0 Å². The van der Waals surface area contributed by atoms with Gasteiger partial charge in [0.15, 0.2) is 0 Å².